The fraction of sp³-hybridized carbons (Fsp3) is 0.438. The lowest BCUT2D eigenvalue weighted by Gasteiger charge is -2.23. The van der Waals surface area contributed by atoms with Crippen molar-refractivity contribution < 1.29 is 5.11 Å². The number of benzene rings is 1. The molecule has 0 aliphatic rings. The van der Waals surface area contributed by atoms with Gasteiger partial charge in [0, 0.05) is 29.2 Å². The summed E-state index contributed by atoms with van der Waals surface area (Å²) in [6.07, 6.45) is 1.25. The highest BCUT2D eigenvalue weighted by molar-refractivity contribution is 5.84. The number of pyridine rings is 1. The van der Waals surface area contributed by atoms with Crippen LogP contribution < -0.4 is 5.32 Å². The van der Waals surface area contributed by atoms with Crippen molar-refractivity contribution in [3.8, 4) is 0 Å². The van der Waals surface area contributed by atoms with E-state index in [1.165, 1.54) is 5.56 Å². The summed E-state index contributed by atoms with van der Waals surface area (Å²) in [5.41, 5.74) is 2.96. The Morgan fingerprint density at radius 2 is 2.00 bits per heavy atom. The van der Waals surface area contributed by atoms with Crippen LogP contribution >= 0.6 is 0 Å². The molecule has 1 heterocycles. The number of β-amino-alcohol motifs (C(OH)–C–C–N with tert-alkyl or cyclic N) is 1. The molecule has 3 nitrogen and oxygen atoms in total. The van der Waals surface area contributed by atoms with Gasteiger partial charge < -0.3 is 10.4 Å². The lowest BCUT2D eigenvalue weighted by molar-refractivity contribution is 0.164. The molecule has 0 aliphatic carbocycles. The summed E-state index contributed by atoms with van der Waals surface area (Å²) in [6.45, 7) is 8.85. The Hall–Kier alpha value is -1.45. The topological polar surface area (TPSA) is 45.2 Å². The van der Waals surface area contributed by atoms with Gasteiger partial charge in [-0.1, -0.05) is 18.2 Å². The zero-order chi connectivity index (χ0) is 14.0. The van der Waals surface area contributed by atoms with Gasteiger partial charge in [-0.25, -0.2) is 0 Å². The fourth-order valence-electron chi connectivity index (χ4n) is 2.12. The number of para-hydroxylation sites is 1. The lowest BCUT2D eigenvalue weighted by atomic mass is 10.0. The minimum atomic E-state index is -0.544. The molecule has 1 atom stereocenters. The second-order valence-corrected chi connectivity index (χ2v) is 6.02. The first-order chi connectivity index (χ1) is 8.88. The third kappa shape index (κ3) is 3.31. The second-order valence-electron chi connectivity index (χ2n) is 6.02. The molecule has 1 aromatic heterocycles. The predicted molar refractivity (Wildman–Crippen MR) is 79.2 cm³/mol. The number of nitrogens with one attached hydrogen (secondary N) is 1. The molecule has 0 spiro atoms. The molecule has 0 saturated heterocycles. The average molecular weight is 258 g/mol. The number of aromatic nitrogens is 1. The van der Waals surface area contributed by atoms with Gasteiger partial charge in [0.2, 0.25) is 0 Å². The second kappa shape index (κ2) is 5.27. The van der Waals surface area contributed by atoms with Crippen LogP contribution in [0.3, 0.4) is 0 Å². The van der Waals surface area contributed by atoms with Crippen LogP contribution in [0.15, 0.2) is 30.5 Å². The van der Waals surface area contributed by atoms with E-state index < -0.39 is 6.10 Å². The number of rotatable bonds is 3. The molecule has 3 heteroatoms. The summed E-state index contributed by atoms with van der Waals surface area (Å²) in [5.74, 6) is 0. The molecular weight excluding hydrogens is 236 g/mol. The molecule has 2 N–H and O–H groups in total. The maximum atomic E-state index is 10.4. The highest BCUT2D eigenvalue weighted by Gasteiger charge is 2.16. The van der Waals surface area contributed by atoms with Gasteiger partial charge >= 0.3 is 0 Å². The Kier molecular flexibility index (Phi) is 3.88. The van der Waals surface area contributed by atoms with Crippen molar-refractivity contribution >= 4 is 10.9 Å². The number of hydrogen-bond donors (Lipinski definition) is 2. The Bertz CT molecular complexity index is 572. The number of aliphatic hydroxyl groups excluding tert-OH is 1. The minimum absolute atomic E-state index is 0.00505. The molecule has 0 amide bonds. The summed E-state index contributed by atoms with van der Waals surface area (Å²) in [6, 6.07) is 7.97. The first kappa shape index (κ1) is 14.0. The van der Waals surface area contributed by atoms with E-state index in [0.29, 0.717) is 6.54 Å². The van der Waals surface area contributed by atoms with Crippen molar-refractivity contribution in [1.82, 2.24) is 10.3 Å². The van der Waals surface area contributed by atoms with Crippen LogP contribution in [0.1, 0.15) is 38.0 Å². The summed E-state index contributed by atoms with van der Waals surface area (Å²) < 4.78 is 0. The molecule has 0 aliphatic heterocycles. The van der Waals surface area contributed by atoms with E-state index in [2.05, 4.69) is 38.0 Å². The summed E-state index contributed by atoms with van der Waals surface area (Å²) >= 11 is 0. The van der Waals surface area contributed by atoms with Gasteiger partial charge in [0.15, 0.2) is 0 Å². The van der Waals surface area contributed by atoms with Gasteiger partial charge in [0.05, 0.1) is 11.6 Å². The van der Waals surface area contributed by atoms with Gasteiger partial charge in [0.1, 0.15) is 0 Å². The SMILES string of the molecule is Cc1ccnc2c([C@@H](O)CNC(C)(C)C)cccc12. The van der Waals surface area contributed by atoms with Crippen LogP contribution in [-0.4, -0.2) is 22.2 Å². The van der Waals surface area contributed by atoms with E-state index in [1.54, 1.807) is 6.20 Å². The number of hydrogen-bond acceptors (Lipinski definition) is 3. The summed E-state index contributed by atoms with van der Waals surface area (Å²) in [5, 5.41) is 14.8. The normalized spacial score (nSPS) is 13.7. The van der Waals surface area contributed by atoms with Crippen LogP contribution in [-0.2, 0) is 0 Å². The molecule has 0 saturated carbocycles. The van der Waals surface area contributed by atoms with E-state index in [0.717, 1.165) is 16.5 Å². The standard InChI is InChI=1S/C16H22N2O/c1-11-8-9-17-15-12(11)6-5-7-13(15)14(19)10-18-16(2,3)4/h5-9,14,18-19H,10H2,1-4H3/t14-/m0/s1. The van der Waals surface area contributed by atoms with Crippen molar-refractivity contribution in [2.75, 3.05) is 6.54 Å². The number of aryl methyl sites for hydroxylation is 1. The molecule has 2 rings (SSSR count). The molecular formula is C16H22N2O. The van der Waals surface area contributed by atoms with Crippen LogP contribution in [0.4, 0.5) is 0 Å². The Labute approximate surface area is 114 Å². The molecule has 0 bridgehead atoms. The van der Waals surface area contributed by atoms with Gasteiger partial charge in [0.25, 0.3) is 0 Å². The molecule has 0 unspecified atom stereocenters. The van der Waals surface area contributed by atoms with Gasteiger partial charge in [-0.3, -0.25) is 4.98 Å². The molecule has 0 fully saturated rings. The minimum Gasteiger partial charge on any atom is -0.387 e. The lowest BCUT2D eigenvalue weighted by Crippen LogP contribution is -2.38. The largest absolute Gasteiger partial charge is 0.387 e. The van der Waals surface area contributed by atoms with E-state index in [1.807, 2.05) is 24.3 Å². The molecule has 102 valence electrons. The first-order valence-corrected chi connectivity index (χ1v) is 6.66. The Balaban J connectivity index is 2.32. The number of nitrogens with zero attached hydrogens (tertiary/aromatic N) is 1. The summed E-state index contributed by atoms with van der Waals surface area (Å²) in [4.78, 5) is 4.42. The zero-order valence-electron chi connectivity index (χ0n) is 12.1. The third-order valence-electron chi connectivity index (χ3n) is 3.20. The maximum Gasteiger partial charge on any atom is 0.0935 e. The van der Waals surface area contributed by atoms with E-state index in [-0.39, 0.29) is 5.54 Å². The zero-order valence-corrected chi connectivity index (χ0v) is 12.1. The Morgan fingerprint density at radius 3 is 2.68 bits per heavy atom. The van der Waals surface area contributed by atoms with Gasteiger partial charge in [-0.15, -0.1) is 0 Å². The Morgan fingerprint density at radius 1 is 1.26 bits per heavy atom. The van der Waals surface area contributed by atoms with Crippen LogP contribution in [0.5, 0.6) is 0 Å². The molecule has 1 aromatic carbocycles. The van der Waals surface area contributed by atoms with Gasteiger partial charge in [-0.2, -0.15) is 0 Å². The maximum absolute atomic E-state index is 10.4. The smallest absolute Gasteiger partial charge is 0.0935 e. The van der Waals surface area contributed by atoms with E-state index in [9.17, 15) is 5.11 Å². The van der Waals surface area contributed by atoms with Crippen LogP contribution in [0.2, 0.25) is 0 Å². The van der Waals surface area contributed by atoms with Crippen molar-refractivity contribution in [1.29, 1.82) is 0 Å². The predicted octanol–water partition coefficient (Wildman–Crippen LogP) is 2.96. The highest BCUT2D eigenvalue weighted by Crippen LogP contribution is 2.24. The highest BCUT2D eigenvalue weighted by atomic mass is 16.3. The van der Waals surface area contributed by atoms with Crippen molar-refractivity contribution in [2.24, 2.45) is 0 Å². The number of fused-ring (bicyclic) bond motifs is 1. The van der Waals surface area contributed by atoms with Crippen LogP contribution in [0.25, 0.3) is 10.9 Å². The molecule has 19 heavy (non-hydrogen) atoms. The molecule has 0 radical (unpaired) electrons. The van der Waals surface area contributed by atoms with Crippen molar-refractivity contribution in [2.45, 2.75) is 39.3 Å². The van der Waals surface area contributed by atoms with Crippen LogP contribution in [0, 0.1) is 6.92 Å². The summed E-state index contributed by atoms with van der Waals surface area (Å²) in [7, 11) is 0. The molecule has 2 aromatic rings. The van der Waals surface area contributed by atoms with Gasteiger partial charge in [-0.05, 0) is 39.3 Å². The fourth-order valence-corrected chi connectivity index (χ4v) is 2.12. The quantitative estimate of drug-likeness (QED) is 0.889. The first-order valence-electron chi connectivity index (χ1n) is 6.66. The third-order valence-corrected chi connectivity index (χ3v) is 3.20. The number of aliphatic hydroxyl groups is 1. The van der Waals surface area contributed by atoms with E-state index >= 15 is 0 Å². The van der Waals surface area contributed by atoms with Crippen molar-refractivity contribution in [3.63, 3.8) is 0 Å². The average Bonchev–Trinajstić information content (AvgIpc) is 2.35. The van der Waals surface area contributed by atoms with E-state index in [4.69, 9.17) is 0 Å². The monoisotopic (exact) mass is 258 g/mol. The van der Waals surface area contributed by atoms with Crippen molar-refractivity contribution in [3.05, 3.63) is 41.6 Å².